The van der Waals surface area contributed by atoms with Crippen molar-refractivity contribution >= 4 is 12.0 Å². The van der Waals surface area contributed by atoms with Gasteiger partial charge in [-0.3, -0.25) is 4.79 Å². The van der Waals surface area contributed by atoms with Crippen molar-refractivity contribution in [1.29, 1.82) is 0 Å². The Morgan fingerprint density at radius 1 is 1.17 bits per heavy atom. The molecule has 6 heteroatoms. The zero-order valence-corrected chi connectivity index (χ0v) is 10.2. The molecule has 0 radical (unpaired) electrons. The van der Waals surface area contributed by atoms with Crippen LogP contribution < -0.4 is 16.0 Å². The number of aliphatic carboxylic acids is 1. The molecule has 1 heterocycles. The van der Waals surface area contributed by atoms with Crippen LogP contribution in [-0.2, 0) is 4.79 Å². The van der Waals surface area contributed by atoms with Crippen LogP contribution in [0.4, 0.5) is 4.79 Å². The summed E-state index contributed by atoms with van der Waals surface area (Å²) in [5.41, 5.74) is 0. The molecule has 0 aromatic carbocycles. The predicted molar refractivity (Wildman–Crippen MR) is 66.2 cm³/mol. The SMILES string of the molecule is O=C(NC1C=CC(C(=O)O)C1)NC1CCNCC1. The van der Waals surface area contributed by atoms with Crippen LogP contribution in [0.25, 0.3) is 0 Å². The predicted octanol–water partition coefficient (Wildman–Crippen LogP) is 0.0669. The maximum absolute atomic E-state index is 11.7. The maximum atomic E-state index is 11.7. The van der Waals surface area contributed by atoms with Gasteiger partial charge in [-0.2, -0.15) is 0 Å². The topological polar surface area (TPSA) is 90.5 Å². The zero-order valence-electron chi connectivity index (χ0n) is 10.2. The first-order valence-corrected chi connectivity index (χ1v) is 6.34. The molecule has 18 heavy (non-hydrogen) atoms. The van der Waals surface area contributed by atoms with Crippen LogP contribution in [0.3, 0.4) is 0 Å². The summed E-state index contributed by atoms with van der Waals surface area (Å²) in [6.45, 7) is 1.85. The molecule has 1 aliphatic carbocycles. The molecular formula is C12H19N3O3. The van der Waals surface area contributed by atoms with Gasteiger partial charge in [0.2, 0.25) is 0 Å². The Hall–Kier alpha value is -1.56. The Morgan fingerprint density at radius 2 is 1.89 bits per heavy atom. The monoisotopic (exact) mass is 253 g/mol. The number of rotatable bonds is 3. The Bertz CT molecular complexity index is 350. The molecule has 0 saturated carbocycles. The van der Waals surface area contributed by atoms with Gasteiger partial charge >= 0.3 is 12.0 Å². The Balaban J connectivity index is 1.72. The van der Waals surface area contributed by atoms with E-state index in [1.807, 2.05) is 0 Å². The van der Waals surface area contributed by atoms with Gasteiger partial charge in [-0.25, -0.2) is 4.79 Å². The number of hydrogen-bond acceptors (Lipinski definition) is 3. The maximum Gasteiger partial charge on any atom is 0.315 e. The van der Waals surface area contributed by atoms with Crippen LogP contribution in [0.5, 0.6) is 0 Å². The Morgan fingerprint density at radius 3 is 2.50 bits per heavy atom. The Kier molecular flexibility index (Phi) is 4.19. The minimum Gasteiger partial charge on any atom is -0.481 e. The largest absolute Gasteiger partial charge is 0.481 e. The number of amides is 2. The van der Waals surface area contributed by atoms with Crippen LogP contribution in [0.2, 0.25) is 0 Å². The normalized spacial score (nSPS) is 28.0. The number of carbonyl (C=O) groups excluding carboxylic acids is 1. The van der Waals surface area contributed by atoms with Gasteiger partial charge in [0, 0.05) is 6.04 Å². The number of carbonyl (C=O) groups is 2. The molecule has 100 valence electrons. The van der Waals surface area contributed by atoms with E-state index >= 15 is 0 Å². The van der Waals surface area contributed by atoms with Gasteiger partial charge < -0.3 is 21.1 Å². The number of carboxylic acids is 1. The first kappa shape index (κ1) is 12.9. The molecule has 0 aromatic rings. The van der Waals surface area contributed by atoms with Crippen molar-refractivity contribution in [2.24, 2.45) is 5.92 Å². The molecule has 1 saturated heterocycles. The first-order chi connectivity index (χ1) is 8.65. The van der Waals surface area contributed by atoms with Gasteiger partial charge in [-0.15, -0.1) is 0 Å². The molecule has 6 nitrogen and oxygen atoms in total. The third kappa shape index (κ3) is 3.46. The molecule has 2 atom stereocenters. The lowest BCUT2D eigenvalue weighted by atomic mass is 10.1. The fraction of sp³-hybridized carbons (Fsp3) is 0.667. The quantitative estimate of drug-likeness (QED) is 0.536. The molecule has 2 unspecified atom stereocenters. The van der Waals surface area contributed by atoms with E-state index in [9.17, 15) is 9.59 Å². The lowest BCUT2D eigenvalue weighted by Crippen LogP contribution is -2.48. The minimum atomic E-state index is -0.839. The van der Waals surface area contributed by atoms with Gasteiger partial charge in [0.15, 0.2) is 0 Å². The summed E-state index contributed by atoms with van der Waals surface area (Å²) < 4.78 is 0. The molecule has 2 rings (SSSR count). The van der Waals surface area contributed by atoms with Gasteiger partial charge in [-0.1, -0.05) is 12.2 Å². The summed E-state index contributed by atoms with van der Waals surface area (Å²) in [7, 11) is 0. The van der Waals surface area contributed by atoms with Gasteiger partial charge in [0.25, 0.3) is 0 Å². The van der Waals surface area contributed by atoms with Gasteiger partial charge in [0.1, 0.15) is 0 Å². The highest BCUT2D eigenvalue weighted by molar-refractivity contribution is 5.76. The number of piperidine rings is 1. The molecule has 0 spiro atoms. The van der Waals surface area contributed by atoms with Crippen LogP contribution >= 0.6 is 0 Å². The minimum absolute atomic E-state index is 0.173. The molecule has 2 amide bonds. The fourth-order valence-electron chi connectivity index (χ4n) is 2.35. The van der Waals surface area contributed by atoms with Crippen molar-refractivity contribution in [2.75, 3.05) is 13.1 Å². The zero-order chi connectivity index (χ0) is 13.0. The van der Waals surface area contributed by atoms with Gasteiger partial charge in [-0.05, 0) is 32.4 Å². The lowest BCUT2D eigenvalue weighted by molar-refractivity contribution is -0.140. The molecule has 1 fully saturated rings. The smallest absolute Gasteiger partial charge is 0.315 e. The van der Waals surface area contributed by atoms with E-state index in [2.05, 4.69) is 16.0 Å². The number of nitrogens with one attached hydrogen (secondary N) is 3. The third-order valence-electron chi connectivity index (χ3n) is 3.39. The summed E-state index contributed by atoms with van der Waals surface area (Å²) in [6, 6.07) is -0.165. The molecular weight excluding hydrogens is 234 g/mol. The summed E-state index contributed by atoms with van der Waals surface area (Å²) in [4.78, 5) is 22.5. The summed E-state index contributed by atoms with van der Waals surface area (Å²) >= 11 is 0. The number of hydrogen-bond donors (Lipinski definition) is 4. The second-order valence-corrected chi connectivity index (χ2v) is 4.81. The molecule has 2 aliphatic rings. The van der Waals surface area contributed by atoms with E-state index in [0.717, 1.165) is 25.9 Å². The van der Waals surface area contributed by atoms with Crippen LogP contribution in [0.1, 0.15) is 19.3 Å². The molecule has 4 N–H and O–H groups in total. The van der Waals surface area contributed by atoms with E-state index in [0.29, 0.717) is 6.42 Å². The highest BCUT2D eigenvalue weighted by atomic mass is 16.4. The van der Waals surface area contributed by atoms with Crippen LogP contribution in [0, 0.1) is 5.92 Å². The van der Waals surface area contributed by atoms with E-state index < -0.39 is 11.9 Å². The van der Waals surface area contributed by atoms with E-state index in [1.54, 1.807) is 12.2 Å². The third-order valence-corrected chi connectivity index (χ3v) is 3.39. The fourth-order valence-corrected chi connectivity index (χ4v) is 2.35. The van der Waals surface area contributed by atoms with E-state index in [-0.39, 0.29) is 18.1 Å². The second-order valence-electron chi connectivity index (χ2n) is 4.81. The molecule has 0 aromatic heterocycles. The highest BCUT2D eigenvalue weighted by Crippen LogP contribution is 2.17. The van der Waals surface area contributed by atoms with Crippen LogP contribution in [0.15, 0.2) is 12.2 Å². The van der Waals surface area contributed by atoms with Crippen LogP contribution in [-0.4, -0.2) is 42.3 Å². The lowest BCUT2D eigenvalue weighted by Gasteiger charge is -2.24. The number of carboxylic acid groups (broad SMARTS) is 1. The van der Waals surface area contributed by atoms with Crippen molar-refractivity contribution in [3.63, 3.8) is 0 Å². The van der Waals surface area contributed by atoms with Crippen molar-refractivity contribution in [1.82, 2.24) is 16.0 Å². The van der Waals surface area contributed by atoms with Crippen molar-refractivity contribution in [2.45, 2.75) is 31.3 Å². The Labute approximate surface area is 106 Å². The standard InChI is InChI=1S/C12H19N3O3/c16-11(17)8-1-2-10(7-8)15-12(18)14-9-3-5-13-6-4-9/h1-2,8-10,13H,3-7H2,(H,16,17)(H2,14,15,18). The second kappa shape index (κ2) is 5.86. The summed E-state index contributed by atoms with van der Waals surface area (Å²) in [6.07, 6.45) is 5.70. The first-order valence-electron chi connectivity index (χ1n) is 6.34. The van der Waals surface area contributed by atoms with Crippen molar-refractivity contribution in [3.05, 3.63) is 12.2 Å². The average molecular weight is 253 g/mol. The summed E-state index contributed by atoms with van der Waals surface area (Å²) in [5.74, 6) is -1.32. The van der Waals surface area contributed by atoms with E-state index in [1.165, 1.54) is 0 Å². The van der Waals surface area contributed by atoms with Crippen molar-refractivity contribution < 1.29 is 14.7 Å². The molecule has 0 bridgehead atoms. The molecule has 1 aliphatic heterocycles. The average Bonchev–Trinajstić information content (AvgIpc) is 2.78. The summed E-state index contributed by atoms with van der Waals surface area (Å²) in [5, 5.41) is 17.8. The van der Waals surface area contributed by atoms with Gasteiger partial charge in [0.05, 0.1) is 12.0 Å². The number of urea groups is 1. The van der Waals surface area contributed by atoms with E-state index in [4.69, 9.17) is 5.11 Å². The highest BCUT2D eigenvalue weighted by Gasteiger charge is 2.26. The van der Waals surface area contributed by atoms with Crippen molar-refractivity contribution in [3.8, 4) is 0 Å².